The molecule has 0 bridgehead atoms. The molecule has 0 aliphatic carbocycles. The number of aromatic nitrogens is 1. The van der Waals surface area contributed by atoms with Crippen molar-refractivity contribution in [1.29, 1.82) is 0 Å². The summed E-state index contributed by atoms with van der Waals surface area (Å²) < 4.78 is 28.4. The molecule has 1 fully saturated rings. The number of nitrogens with zero attached hydrogens (tertiary/aromatic N) is 2. The number of rotatable bonds is 3. The highest BCUT2D eigenvalue weighted by molar-refractivity contribution is 7.89. The molecule has 2 amide bonds. The van der Waals surface area contributed by atoms with Gasteiger partial charge in [0.25, 0.3) is 0 Å². The number of primary sulfonamides is 1. The average molecular weight is 435 g/mol. The molecule has 0 saturated carbocycles. The van der Waals surface area contributed by atoms with Crippen LogP contribution in [0.25, 0.3) is 11.1 Å². The first-order valence-electron chi connectivity index (χ1n) is 9.04. The summed E-state index contributed by atoms with van der Waals surface area (Å²) in [6.45, 7) is 1.12. The Balaban J connectivity index is 1.36. The molecule has 1 aliphatic rings. The zero-order chi connectivity index (χ0) is 20.6. The second kappa shape index (κ2) is 7.66. The molecular weight excluding hydrogens is 416 g/mol. The van der Waals surface area contributed by atoms with Crippen LogP contribution < -0.4 is 10.5 Å². The first-order valence-corrected chi connectivity index (χ1v) is 11.0. The van der Waals surface area contributed by atoms with Crippen LogP contribution in [-0.4, -0.2) is 37.4 Å². The van der Waals surface area contributed by atoms with E-state index in [1.807, 2.05) is 0 Å². The maximum absolute atomic E-state index is 12.5. The number of hydrogen-bond donors (Lipinski definition) is 2. The molecule has 29 heavy (non-hydrogen) atoms. The summed E-state index contributed by atoms with van der Waals surface area (Å²) >= 11 is 6.00. The van der Waals surface area contributed by atoms with E-state index in [1.165, 1.54) is 24.3 Å². The molecule has 0 unspecified atom stereocenters. The lowest BCUT2D eigenvalue weighted by molar-refractivity contribution is 0.190. The highest BCUT2D eigenvalue weighted by atomic mass is 35.5. The number of carbonyl (C=O) groups excluding carboxylic acids is 1. The highest BCUT2D eigenvalue weighted by Crippen LogP contribution is 2.31. The van der Waals surface area contributed by atoms with Crippen molar-refractivity contribution in [3.63, 3.8) is 0 Å². The SMILES string of the molecule is NS(=O)(=O)c1ccc(NC(=O)N2CCC(c3nc4cc(Cl)ccc4o3)CC2)cc1. The number of sulfonamides is 1. The van der Waals surface area contributed by atoms with Crippen LogP contribution in [0, 0.1) is 0 Å². The normalized spacial score (nSPS) is 15.6. The number of piperidine rings is 1. The first-order chi connectivity index (χ1) is 13.8. The van der Waals surface area contributed by atoms with Crippen molar-refractivity contribution in [2.24, 2.45) is 5.14 Å². The molecule has 0 atom stereocenters. The topological polar surface area (TPSA) is 119 Å². The van der Waals surface area contributed by atoms with E-state index in [0.29, 0.717) is 35.3 Å². The number of benzene rings is 2. The molecule has 1 saturated heterocycles. The van der Waals surface area contributed by atoms with Gasteiger partial charge in [0.2, 0.25) is 10.0 Å². The number of fused-ring (bicyclic) bond motifs is 1. The van der Waals surface area contributed by atoms with Crippen LogP contribution in [0.1, 0.15) is 24.7 Å². The molecule has 0 spiro atoms. The van der Waals surface area contributed by atoms with Gasteiger partial charge in [-0.15, -0.1) is 0 Å². The van der Waals surface area contributed by atoms with Crippen LogP contribution in [0.5, 0.6) is 0 Å². The number of halogens is 1. The summed E-state index contributed by atoms with van der Waals surface area (Å²) in [6, 6.07) is 10.8. The Labute approximate surface area is 172 Å². The molecular formula is C19H19ClN4O4S. The largest absolute Gasteiger partial charge is 0.440 e. The third kappa shape index (κ3) is 4.36. The van der Waals surface area contributed by atoms with Crippen molar-refractivity contribution >= 4 is 44.4 Å². The minimum atomic E-state index is -3.76. The van der Waals surface area contributed by atoms with Crippen LogP contribution >= 0.6 is 11.6 Å². The quantitative estimate of drug-likeness (QED) is 0.653. The maximum atomic E-state index is 12.5. The number of oxazole rings is 1. The standard InChI is InChI=1S/C19H19ClN4O4S/c20-13-1-6-17-16(11-13)23-18(28-17)12-7-9-24(10-8-12)19(25)22-14-2-4-15(5-3-14)29(21,26)27/h1-6,11-12H,7-10H2,(H,22,25)(H2,21,26,27). The van der Waals surface area contributed by atoms with E-state index in [9.17, 15) is 13.2 Å². The fourth-order valence-corrected chi connectivity index (χ4v) is 4.03. The van der Waals surface area contributed by atoms with Crippen LogP contribution in [0.3, 0.4) is 0 Å². The molecule has 4 rings (SSSR count). The number of nitrogens with two attached hydrogens (primary N) is 1. The Morgan fingerprint density at radius 2 is 1.86 bits per heavy atom. The zero-order valence-electron chi connectivity index (χ0n) is 15.3. The molecule has 1 aromatic heterocycles. The first kappa shape index (κ1) is 19.7. The average Bonchev–Trinajstić information content (AvgIpc) is 3.11. The van der Waals surface area contributed by atoms with Crippen molar-refractivity contribution in [2.75, 3.05) is 18.4 Å². The number of hydrogen-bond acceptors (Lipinski definition) is 5. The lowest BCUT2D eigenvalue weighted by atomic mass is 9.97. The Morgan fingerprint density at radius 1 is 1.17 bits per heavy atom. The number of anilines is 1. The fraction of sp³-hybridized carbons (Fsp3) is 0.263. The van der Waals surface area contributed by atoms with E-state index in [0.717, 1.165) is 18.4 Å². The predicted molar refractivity (Wildman–Crippen MR) is 109 cm³/mol. The van der Waals surface area contributed by atoms with Crippen molar-refractivity contribution in [3.05, 3.63) is 53.4 Å². The van der Waals surface area contributed by atoms with E-state index >= 15 is 0 Å². The molecule has 2 aromatic carbocycles. The van der Waals surface area contributed by atoms with Gasteiger partial charge in [0.1, 0.15) is 5.52 Å². The van der Waals surface area contributed by atoms with E-state index in [2.05, 4.69) is 10.3 Å². The Morgan fingerprint density at radius 3 is 2.52 bits per heavy atom. The summed E-state index contributed by atoms with van der Waals surface area (Å²) in [5.74, 6) is 0.806. The number of urea groups is 1. The minimum Gasteiger partial charge on any atom is -0.440 e. The lowest BCUT2D eigenvalue weighted by Gasteiger charge is -2.30. The lowest BCUT2D eigenvalue weighted by Crippen LogP contribution is -2.40. The zero-order valence-corrected chi connectivity index (χ0v) is 16.9. The predicted octanol–water partition coefficient (Wildman–Crippen LogP) is 3.54. The smallest absolute Gasteiger partial charge is 0.321 e. The van der Waals surface area contributed by atoms with Crippen LogP contribution in [0.2, 0.25) is 5.02 Å². The second-order valence-electron chi connectivity index (χ2n) is 6.93. The minimum absolute atomic E-state index is 0.00376. The van der Waals surface area contributed by atoms with Gasteiger partial charge in [-0.05, 0) is 55.3 Å². The van der Waals surface area contributed by atoms with Crippen LogP contribution in [0.15, 0.2) is 51.8 Å². The van der Waals surface area contributed by atoms with E-state index in [-0.39, 0.29) is 16.8 Å². The van der Waals surface area contributed by atoms with Gasteiger partial charge in [-0.1, -0.05) is 11.6 Å². The second-order valence-corrected chi connectivity index (χ2v) is 8.92. The Bertz CT molecular complexity index is 1150. The van der Waals surface area contributed by atoms with Crippen molar-refractivity contribution in [1.82, 2.24) is 9.88 Å². The third-order valence-electron chi connectivity index (χ3n) is 4.93. The van der Waals surface area contributed by atoms with Gasteiger partial charge in [-0.25, -0.2) is 23.3 Å². The molecule has 0 radical (unpaired) electrons. The summed E-state index contributed by atoms with van der Waals surface area (Å²) in [5, 5.41) is 8.46. The van der Waals surface area contributed by atoms with E-state index in [4.69, 9.17) is 21.2 Å². The summed E-state index contributed by atoms with van der Waals surface area (Å²) in [6.07, 6.45) is 1.47. The Kier molecular flexibility index (Phi) is 5.20. The maximum Gasteiger partial charge on any atom is 0.321 e. The number of carbonyl (C=O) groups is 1. The van der Waals surface area contributed by atoms with Gasteiger partial charge in [0.05, 0.1) is 4.90 Å². The van der Waals surface area contributed by atoms with Crippen LogP contribution in [0.4, 0.5) is 10.5 Å². The van der Waals surface area contributed by atoms with Crippen molar-refractivity contribution in [2.45, 2.75) is 23.7 Å². The molecule has 2 heterocycles. The number of amides is 2. The molecule has 152 valence electrons. The summed E-state index contributed by atoms with van der Waals surface area (Å²) in [5.41, 5.74) is 1.93. The molecule has 10 heteroatoms. The van der Waals surface area contributed by atoms with E-state index in [1.54, 1.807) is 23.1 Å². The van der Waals surface area contributed by atoms with Gasteiger partial charge in [0.15, 0.2) is 11.5 Å². The number of nitrogens with one attached hydrogen (secondary N) is 1. The fourth-order valence-electron chi connectivity index (χ4n) is 3.35. The molecule has 3 N–H and O–H groups in total. The van der Waals surface area contributed by atoms with Gasteiger partial charge in [-0.2, -0.15) is 0 Å². The molecule has 3 aromatic rings. The highest BCUT2D eigenvalue weighted by Gasteiger charge is 2.27. The van der Waals surface area contributed by atoms with Gasteiger partial charge >= 0.3 is 6.03 Å². The summed E-state index contributed by atoms with van der Waals surface area (Å²) in [4.78, 5) is 18.7. The van der Waals surface area contributed by atoms with Crippen molar-refractivity contribution < 1.29 is 17.6 Å². The van der Waals surface area contributed by atoms with Gasteiger partial charge in [0, 0.05) is 29.7 Å². The summed E-state index contributed by atoms with van der Waals surface area (Å²) in [7, 11) is -3.76. The number of likely N-dealkylation sites (tertiary alicyclic amines) is 1. The van der Waals surface area contributed by atoms with Crippen molar-refractivity contribution in [3.8, 4) is 0 Å². The van der Waals surface area contributed by atoms with Gasteiger partial charge < -0.3 is 14.6 Å². The molecule has 1 aliphatic heterocycles. The molecule has 8 nitrogen and oxygen atoms in total. The monoisotopic (exact) mass is 434 g/mol. The van der Waals surface area contributed by atoms with Gasteiger partial charge in [-0.3, -0.25) is 0 Å². The third-order valence-corrected chi connectivity index (χ3v) is 6.10. The van der Waals surface area contributed by atoms with Crippen LogP contribution in [-0.2, 0) is 10.0 Å². The Hall–Kier alpha value is -2.62. The van der Waals surface area contributed by atoms with E-state index < -0.39 is 10.0 Å².